The molecule has 3 heteroatoms. The third-order valence-corrected chi connectivity index (χ3v) is 4.63. The lowest BCUT2D eigenvalue weighted by atomic mass is 9.97. The van der Waals surface area contributed by atoms with E-state index in [-0.39, 0.29) is 0 Å². The van der Waals surface area contributed by atoms with Crippen molar-refractivity contribution in [1.29, 1.82) is 0 Å². The van der Waals surface area contributed by atoms with Crippen LogP contribution < -0.4 is 14.8 Å². The number of methoxy groups -OCH3 is 2. The van der Waals surface area contributed by atoms with Gasteiger partial charge in [-0.25, -0.2) is 0 Å². The van der Waals surface area contributed by atoms with Crippen molar-refractivity contribution in [2.24, 2.45) is 11.8 Å². The number of hydrogen-bond acceptors (Lipinski definition) is 3. The molecule has 0 amide bonds. The second kappa shape index (κ2) is 6.98. The van der Waals surface area contributed by atoms with E-state index in [0.717, 1.165) is 29.9 Å². The molecular formula is C17H27NO2. The summed E-state index contributed by atoms with van der Waals surface area (Å²) in [5.74, 6) is 3.28. The average molecular weight is 277 g/mol. The smallest absolute Gasteiger partial charge is 0.161 e. The highest BCUT2D eigenvalue weighted by molar-refractivity contribution is 5.43. The molecule has 0 radical (unpaired) electrons. The molecule has 1 aromatic carbocycles. The summed E-state index contributed by atoms with van der Waals surface area (Å²) < 4.78 is 10.7. The van der Waals surface area contributed by atoms with Gasteiger partial charge in [0.1, 0.15) is 0 Å². The lowest BCUT2D eigenvalue weighted by Gasteiger charge is -2.21. The molecule has 1 aromatic rings. The quantitative estimate of drug-likeness (QED) is 0.858. The van der Waals surface area contributed by atoms with E-state index in [1.165, 1.54) is 24.8 Å². The summed E-state index contributed by atoms with van der Waals surface area (Å²) in [5, 5.41) is 3.66. The number of rotatable bonds is 6. The summed E-state index contributed by atoms with van der Waals surface area (Å²) in [6.45, 7) is 5.69. The fraction of sp³-hybridized carbons (Fsp3) is 0.647. The molecule has 0 saturated heterocycles. The van der Waals surface area contributed by atoms with Gasteiger partial charge in [-0.1, -0.05) is 25.8 Å². The predicted octanol–water partition coefficient (Wildman–Crippen LogP) is 3.79. The molecule has 3 unspecified atom stereocenters. The Balaban J connectivity index is 1.96. The second-order valence-corrected chi connectivity index (χ2v) is 5.91. The molecule has 1 saturated carbocycles. The van der Waals surface area contributed by atoms with E-state index >= 15 is 0 Å². The van der Waals surface area contributed by atoms with Gasteiger partial charge in [-0.3, -0.25) is 0 Å². The highest BCUT2D eigenvalue weighted by Gasteiger charge is 2.23. The third-order valence-electron chi connectivity index (χ3n) is 4.63. The number of hydrogen-bond donors (Lipinski definition) is 1. The van der Waals surface area contributed by atoms with Crippen LogP contribution in [0.25, 0.3) is 0 Å². The third kappa shape index (κ3) is 3.45. The minimum atomic E-state index is 0.336. The Bertz CT molecular complexity index is 433. The van der Waals surface area contributed by atoms with E-state index in [1.54, 1.807) is 14.2 Å². The lowest BCUT2D eigenvalue weighted by molar-refractivity contribution is 0.352. The van der Waals surface area contributed by atoms with Crippen molar-refractivity contribution in [3.63, 3.8) is 0 Å². The molecule has 0 bridgehead atoms. The Morgan fingerprint density at radius 3 is 2.55 bits per heavy atom. The van der Waals surface area contributed by atoms with Gasteiger partial charge in [-0.05, 0) is 49.4 Å². The van der Waals surface area contributed by atoms with Crippen molar-refractivity contribution in [3.05, 3.63) is 23.8 Å². The average Bonchev–Trinajstić information content (AvgIpc) is 2.89. The largest absolute Gasteiger partial charge is 0.493 e. The molecule has 0 spiro atoms. The number of benzene rings is 1. The fourth-order valence-electron chi connectivity index (χ4n) is 3.09. The van der Waals surface area contributed by atoms with Gasteiger partial charge in [-0.2, -0.15) is 0 Å². The summed E-state index contributed by atoms with van der Waals surface area (Å²) in [5.41, 5.74) is 1.24. The van der Waals surface area contributed by atoms with Crippen molar-refractivity contribution in [2.75, 3.05) is 20.8 Å². The maximum absolute atomic E-state index is 5.37. The first-order valence-corrected chi connectivity index (χ1v) is 7.61. The molecule has 0 heterocycles. The molecule has 112 valence electrons. The minimum absolute atomic E-state index is 0.336. The van der Waals surface area contributed by atoms with Crippen LogP contribution >= 0.6 is 0 Å². The molecule has 1 aliphatic carbocycles. The molecule has 1 N–H and O–H groups in total. The molecule has 20 heavy (non-hydrogen) atoms. The molecule has 3 nitrogen and oxygen atoms in total. The Morgan fingerprint density at radius 2 is 1.95 bits per heavy atom. The van der Waals surface area contributed by atoms with Gasteiger partial charge in [-0.15, -0.1) is 0 Å². The Hall–Kier alpha value is -1.22. The maximum Gasteiger partial charge on any atom is 0.161 e. The van der Waals surface area contributed by atoms with Crippen LogP contribution in [0.5, 0.6) is 11.5 Å². The zero-order valence-electron chi connectivity index (χ0n) is 13.1. The van der Waals surface area contributed by atoms with Gasteiger partial charge in [0.15, 0.2) is 11.5 Å². The highest BCUT2D eigenvalue weighted by Crippen LogP contribution is 2.32. The van der Waals surface area contributed by atoms with E-state index < -0.39 is 0 Å². The van der Waals surface area contributed by atoms with E-state index in [9.17, 15) is 0 Å². The van der Waals surface area contributed by atoms with E-state index in [4.69, 9.17) is 9.47 Å². The van der Waals surface area contributed by atoms with E-state index in [1.807, 2.05) is 6.07 Å². The van der Waals surface area contributed by atoms with Crippen molar-refractivity contribution < 1.29 is 9.47 Å². The topological polar surface area (TPSA) is 30.5 Å². The Morgan fingerprint density at radius 1 is 1.20 bits per heavy atom. The Labute approximate surface area is 122 Å². The van der Waals surface area contributed by atoms with E-state index in [2.05, 4.69) is 31.3 Å². The van der Waals surface area contributed by atoms with Gasteiger partial charge in [0.05, 0.1) is 14.2 Å². The van der Waals surface area contributed by atoms with Crippen LogP contribution in [-0.4, -0.2) is 20.8 Å². The molecule has 2 rings (SSSR count). The second-order valence-electron chi connectivity index (χ2n) is 5.91. The zero-order valence-corrected chi connectivity index (χ0v) is 13.1. The monoisotopic (exact) mass is 277 g/mol. The molecular weight excluding hydrogens is 250 g/mol. The SMILES string of the molecule is COc1ccc(C(C)NCC2CCCC2C)cc1OC. The van der Waals surface area contributed by atoms with Crippen LogP contribution in [0.3, 0.4) is 0 Å². The maximum atomic E-state index is 5.37. The first-order chi connectivity index (χ1) is 9.65. The van der Waals surface area contributed by atoms with Gasteiger partial charge in [0.25, 0.3) is 0 Å². The van der Waals surface area contributed by atoms with Crippen LogP contribution in [0, 0.1) is 11.8 Å². The van der Waals surface area contributed by atoms with Crippen molar-refractivity contribution >= 4 is 0 Å². The predicted molar refractivity (Wildman–Crippen MR) is 82.5 cm³/mol. The first-order valence-electron chi connectivity index (χ1n) is 7.61. The van der Waals surface area contributed by atoms with Gasteiger partial charge >= 0.3 is 0 Å². The van der Waals surface area contributed by atoms with E-state index in [0.29, 0.717) is 6.04 Å². The van der Waals surface area contributed by atoms with Crippen LogP contribution in [0.1, 0.15) is 44.7 Å². The molecule has 0 aromatic heterocycles. The summed E-state index contributed by atoms with van der Waals surface area (Å²) in [6, 6.07) is 6.48. The van der Waals surface area contributed by atoms with Crippen LogP contribution in [0.15, 0.2) is 18.2 Å². The molecule has 1 aliphatic rings. The van der Waals surface area contributed by atoms with Crippen LogP contribution in [0.4, 0.5) is 0 Å². The Kier molecular flexibility index (Phi) is 5.30. The summed E-state index contributed by atoms with van der Waals surface area (Å²) in [6.07, 6.45) is 4.14. The standard InChI is InChI=1S/C17H27NO2/c1-12-6-5-7-15(12)11-18-13(2)14-8-9-16(19-3)17(10-14)20-4/h8-10,12-13,15,18H,5-7,11H2,1-4H3. The minimum Gasteiger partial charge on any atom is -0.493 e. The first kappa shape index (κ1) is 15.2. The number of ether oxygens (including phenoxy) is 2. The van der Waals surface area contributed by atoms with Crippen molar-refractivity contribution in [3.8, 4) is 11.5 Å². The van der Waals surface area contributed by atoms with Crippen molar-refractivity contribution in [1.82, 2.24) is 5.32 Å². The molecule has 0 aliphatic heterocycles. The van der Waals surface area contributed by atoms with Gasteiger partial charge in [0, 0.05) is 6.04 Å². The zero-order chi connectivity index (χ0) is 14.5. The fourth-order valence-corrected chi connectivity index (χ4v) is 3.09. The van der Waals surface area contributed by atoms with Crippen LogP contribution in [0.2, 0.25) is 0 Å². The molecule has 1 fully saturated rings. The molecule has 3 atom stereocenters. The lowest BCUT2D eigenvalue weighted by Crippen LogP contribution is -2.27. The summed E-state index contributed by atoms with van der Waals surface area (Å²) in [4.78, 5) is 0. The summed E-state index contributed by atoms with van der Waals surface area (Å²) >= 11 is 0. The van der Waals surface area contributed by atoms with Gasteiger partial charge in [0.2, 0.25) is 0 Å². The van der Waals surface area contributed by atoms with Crippen LogP contribution in [-0.2, 0) is 0 Å². The highest BCUT2D eigenvalue weighted by atomic mass is 16.5. The van der Waals surface area contributed by atoms with Gasteiger partial charge < -0.3 is 14.8 Å². The summed E-state index contributed by atoms with van der Waals surface area (Å²) in [7, 11) is 3.35. The van der Waals surface area contributed by atoms with Crippen molar-refractivity contribution in [2.45, 2.75) is 39.2 Å². The number of nitrogens with one attached hydrogen (secondary N) is 1. The normalized spacial score (nSPS) is 23.6.